The highest BCUT2D eigenvalue weighted by Gasteiger charge is 2.24. The van der Waals surface area contributed by atoms with E-state index in [0.717, 1.165) is 11.3 Å². The number of ether oxygens (including phenoxy) is 1. The number of carbonyl (C=O) groups is 2. The minimum Gasteiger partial charge on any atom is -0.450 e. The number of aryl methyl sites for hydroxylation is 2. The van der Waals surface area contributed by atoms with Gasteiger partial charge >= 0.3 is 12.1 Å². The first kappa shape index (κ1) is 16.1. The Morgan fingerprint density at radius 1 is 1.14 bits per heavy atom. The van der Waals surface area contributed by atoms with E-state index in [9.17, 15) is 9.59 Å². The molecule has 6 heteroatoms. The summed E-state index contributed by atoms with van der Waals surface area (Å²) in [6.45, 7) is 8.16. The summed E-state index contributed by atoms with van der Waals surface area (Å²) in [7, 11) is 0. The number of anilines is 1. The normalized spacial score (nSPS) is 14.7. The van der Waals surface area contributed by atoms with Crippen molar-refractivity contribution < 1.29 is 14.3 Å². The Kier molecular flexibility index (Phi) is 5.25. The predicted octanol–water partition coefficient (Wildman–Crippen LogP) is 2.61. The van der Waals surface area contributed by atoms with Crippen LogP contribution in [0, 0.1) is 13.8 Å². The lowest BCUT2D eigenvalue weighted by molar-refractivity contribution is 0.0868. The number of piperazine rings is 1. The van der Waals surface area contributed by atoms with Crippen LogP contribution >= 0.6 is 0 Å². The van der Waals surface area contributed by atoms with Crippen LogP contribution in [0.1, 0.15) is 18.1 Å². The van der Waals surface area contributed by atoms with E-state index in [-0.39, 0.29) is 12.1 Å². The number of carbonyl (C=O) groups excluding carboxylic acids is 2. The van der Waals surface area contributed by atoms with E-state index in [1.807, 2.05) is 32.0 Å². The predicted molar refractivity (Wildman–Crippen MR) is 85.1 cm³/mol. The van der Waals surface area contributed by atoms with Crippen LogP contribution in [0.15, 0.2) is 18.2 Å². The molecule has 120 valence electrons. The van der Waals surface area contributed by atoms with Crippen molar-refractivity contribution in [2.75, 3.05) is 38.1 Å². The molecule has 1 saturated heterocycles. The van der Waals surface area contributed by atoms with Gasteiger partial charge < -0.3 is 19.9 Å². The van der Waals surface area contributed by atoms with Crippen molar-refractivity contribution in [2.24, 2.45) is 0 Å². The van der Waals surface area contributed by atoms with E-state index < -0.39 is 0 Å². The first-order chi connectivity index (χ1) is 10.5. The summed E-state index contributed by atoms with van der Waals surface area (Å²) in [6.07, 6.45) is -0.308. The molecule has 0 atom stereocenters. The van der Waals surface area contributed by atoms with Crippen LogP contribution in [0.3, 0.4) is 0 Å². The second-order valence-corrected chi connectivity index (χ2v) is 5.42. The Morgan fingerprint density at radius 3 is 2.36 bits per heavy atom. The average Bonchev–Trinajstić information content (AvgIpc) is 2.50. The highest BCUT2D eigenvalue weighted by molar-refractivity contribution is 5.90. The van der Waals surface area contributed by atoms with Crippen molar-refractivity contribution in [3.05, 3.63) is 29.3 Å². The molecule has 0 unspecified atom stereocenters. The van der Waals surface area contributed by atoms with Crippen LogP contribution in [0.25, 0.3) is 0 Å². The second-order valence-electron chi connectivity index (χ2n) is 5.42. The third-order valence-electron chi connectivity index (χ3n) is 3.72. The number of rotatable bonds is 2. The van der Waals surface area contributed by atoms with Crippen LogP contribution in [0.5, 0.6) is 0 Å². The van der Waals surface area contributed by atoms with E-state index in [1.54, 1.807) is 16.7 Å². The maximum atomic E-state index is 12.3. The molecule has 0 bridgehead atoms. The number of hydrogen-bond donors (Lipinski definition) is 1. The summed E-state index contributed by atoms with van der Waals surface area (Å²) >= 11 is 0. The molecular formula is C16H23N3O3. The molecule has 1 N–H and O–H groups in total. The molecular weight excluding hydrogens is 282 g/mol. The molecule has 0 saturated carbocycles. The van der Waals surface area contributed by atoms with E-state index in [4.69, 9.17) is 4.74 Å². The molecule has 22 heavy (non-hydrogen) atoms. The van der Waals surface area contributed by atoms with Crippen molar-refractivity contribution in [1.29, 1.82) is 0 Å². The third kappa shape index (κ3) is 3.90. The van der Waals surface area contributed by atoms with Crippen molar-refractivity contribution in [2.45, 2.75) is 20.8 Å². The lowest BCUT2D eigenvalue weighted by Crippen LogP contribution is -2.51. The molecule has 3 amide bonds. The summed E-state index contributed by atoms with van der Waals surface area (Å²) in [4.78, 5) is 27.3. The van der Waals surface area contributed by atoms with Crippen molar-refractivity contribution in [1.82, 2.24) is 9.80 Å². The van der Waals surface area contributed by atoms with Crippen LogP contribution < -0.4 is 5.32 Å². The first-order valence-corrected chi connectivity index (χ1v) is 7.56. The maximum Gasteiger partial charge on any atom is 0.409 e. The van der Waals surface area contributed by atoms with Gasteiger partial charge in [-0.3, -0.25) is 0 Å². The van der Waals surface area contributed by atoms with Gasteiger partial charge in [0.2, 0.25) is 0 Å². The van der Waals surface area contributed by atoms with Gasteiger partial charge in [-0.2, -0.15) is 0 Å². The Balaban J connectivity index is 1.88. The van der Waals surface area contributed by atoms with Gasteiger partial charge in [-0.15, -0.1) is 0 Å². The Labute approximate surface area is 131 Å². The molecule has 1 fully saturated rings. The molecule has 1 aromatic carbocycles. The highest BCUT2D eigenvalue weighted by atomic mass is 16.6. The topological polar surface area (TPSA) is 61.9 Å². The molecule has 0 radical (unpaired) electrons. The molecule has 0 aliphatic carbocycles. The summed E-state index contributed by atoms with van der Waals surface area (Å²) in [5, 5.41) is 2.93. The number of nitrogens with one attached hydrogen (secondary N) is 1. The van der Waals surface area contributed by atoms with Gasteiger partial charge in [0.05, 0.1) is 6.61 Å². The van der Waals surface area contributed by atoms with E-state index in [1.165, 1.54) is 5.56 Å². The minimum absolute atomic E-state index is 0.129. The van der Waals surface area contributed by atoms with Crippen LogP contribution in [0.4, 0.5) is 15.3 Å². The van der Waals surface area contributed by atoms with Gasteiger partial charge in [0.25, 0.3) is 0 Å². The Bertz CT molecular complexity index is 552. The summed E-state index contributed by atoms with van der Waals surface area (Å²) in [5.41, 5.74) is 3.03. The lowest BCUT2D eigenvalue weighted by atomic mass is 10.1. The molecule has 1 aliphatic heterocycles. The van der Waals surface area contributed by atoms with Gasteiger partial charge in [-0.25, -0.2) is 9.59 Å². The van der Waals surface area contributed by atoms with E-state index >= 15 is 0 Å². The molecule has 6 nitrogen and oxygen atoms in total. The van der Waals surface area contributed by atoms with Gasteiger partial charge in [0, 0.05) is 31.9 Å². The minimum atomic E-state index is -0.308. The Morgan fingerprint density at radius 2 is 1.77 bits per heavy atom. The largest absolute Gasteiger partial charge is 0.450 e. The number of benzene rings is 1. The second kappa shape index (κ2) is 7.15. The van der Waals surface area contributed by atoms with Crippen LogP contribution in [-0.4, -0.2) is 54.7 Å². The number of amides is 3. The molecule has 0 spiro atoms. The number of urea groups is 1. The fourth-order valence-corrected chi connectivity index (χ4v) is 2.45. The number of hydrogen-bond acceptors (Lipinski definition) is 3. The van der Waals surface area contributed by atoms with Gasteiger partial charge in [0.1, 0.15) is 0 Å². The monoisotopic (exact) mass is 305 g/mol. The van der Waals surface area contributed by atoms with Gasteiger partial charge in [-0.1, -0.05) is 17.7 Å². The quantitative estimate of drug-likeness (QED) is 0.913. The molecule has 1 aliphatic rings. The van der Waals surface area contributed by atoms with Crippen LogP contribution in [0.2, 0.25) is 0 Å². The SMILES string of the molecule is CCOC(=O)N1CCN(C(=O)Nc2ccc(C)cc2C)CC1. The van der Waals surface area contributed by atoms with E-state index in [0.29, 0.717) is 32.8 Å². The highest BCUT2D eigenvalue weighted by Crippen LogP contribution is 2.17. The summed E-state index contributed by atoms with van der Waals surface area (Å²) in [5.74, 6) is 0. The third-order valence-corrected chi connectivity index (χ3v) is 3.72. The zero-order valence-electron chi connectivity index (χ0n) is 13.4. The van der Waals surface area contributed by atoms with E-state index in [2.05, 4.69) is 5.32 Å². The molecule has 1 heterocycles. The van der Waals surface area contributed by atoms with Crippen molar-refractivity contribution in [3.63, 3.8) is 0 Å². The van der Waals surface area contributed by atoms with Crippen LogP contribution in [-0.2, 0) is 4.74 Å². The standard InChI is InChI=1S/C16H23N3O3/c1-4-22-16(21)19-9-7-18(8-10-19)15(20)17-14-6-5-12(2)11-13(14)3/h5-6,11H,4,7-10H2,1-3H3,(H,17,20). The fraction of sp³-hybridized carbons (Fsp3) is 0.500. The number of nitrogens with zero attached hydrogens (tertiary/aromatic N) is 2. The first-order valence-electron chi connectivity index (χ1n) is 7.56. The zero-order chi connectivity index (χ0) is 16.1. The summed E-state index contributed by atoms with van der Waals surface area (Å²) < 4.78 is 4.97. The Hall–Kier alpha value is -2.24. The van der Waals surface area contributed by atoms with Crippen molar-refractivity contribution in [3.8, 4) is 0 Å². The lowest BCUT2D eigenvalue weighted by Gasteiger charge is -2.34. The average molecular weight is 305 g/mol. The maximum absolute atomic E-state index is 12.3. The van der Waals surface area contributed by atoms with Gasteiger partial charge in [-0.05, 0) is 32.4 Å². The zero-order valence-corrected chi connectivity index (χ0v) is 13.4. The van der Waals surface area contributed by atoms with Gasteiger partial charge in [0.15, 0.2) is 0 Å². The summed E-state index contributed by atoms with van der Waals surface area (Å²) in [6, 6.07) is 5.79. The van der Waals surface area contributed by atoms with Crippen molar-refractivity contribution >= 4 is 17.8 Å². The smallest absolute Gasteiger partial charge is 0.409 e. The molecule has 2 rings (SSSR count). The molecule has 1 aromatic rings. The fourth-order valence-electron chi connectivity index (χ4n) is 2.45. The molecule has 0 aromatic heterocycles.